The number of benzene rings is 1. The Bertz CT molecular complexity index is 834. The minimum absolute atomic E-state index is 0.104. The molecule has 26 heavy (non-hydrogen) atoms. The van der Waals surface area contributed by atoms with Gasteiger partial charge >= 0.3 is 0 Å². The number of hydrogen-bond acceptors (Lipinski definition) is 7. The molecule has 0 fully saturated rings. The van der Waals surface area contributed by atoms with Gasteiger partial charge in [0.15, 0.2) is 0 Å². The van der Waals surface area contributed by atoms with Crippen molar-refractivity contribution >= 4 is 43.2 Å². The Kier molecular flexibility index (Phi) is 6.92. The van der Waals surface area contributed by atoms with E-state index in [1.807, 2.05) is 12.1 Å². The van der Waals surface area contributed by atoms with E-state index in [1.54, 1.807) is 12.1 Å². The fourth-order valence-electron chi connectivity index (χ4n) is 2.29. The lowest BCUT2D eigenvalue weighted by Crippen LogP contribution is -2.23. The van der Waals surface area contributed by atoms with Crippen molar-refractivity contribution in [3.05, 3.63) is 29.8 Å². The van der Waals surface area contributed by atoms with Crippen LogP contribution in [0.4, 0.5) is 16.0 Å². The van der Waals surface area contributed by atoms with Crippen molar-refractivity contribution in [1.82, 2.24) is 10.2 Å². The van der Waals surface area contributed by atoms with E-state index in [-0.39, 0.29) is 16.2 Å². The maximum absolute atomic E-state index is 12.3. The zero-order valence-electron chi connectivity index (χ0n) is 15.0. The topological polar surface area (TPSA) is 104 Å². The Morgan fingerprint density at radius 2 is 1.81 bits per heavy atom. The number of amides is 1. The molecule has 2 rings (SSSR count). The molecule has 0 atom stereocenters. The first-order valence-electron chi connectivity index (χ1n) is 8.30. The summed E-state index contributed by atoms with van der Waals surface area (Å²) >= 11 is 0.951. The quantitative estimate of drug-likeness (QED) is 0.674. The predicted molar refractivity (Wildman–Crippen MR) is 106 cm³/mol. The SMILES string of the molecule is CCCCN(CC)c1ccc(C(=O)Nc2nnc(NS(C)(=O)=O)s2)cc1. The van der Waals surface area contributed by atoms with Crippen molar-refractivity contribution in [2.75, 3.05) is 34.3 Å². The minimum Gasteiger partial charge on any atom is -0.372 e. The Balaban J connectivity index is 2.01. The molecule has 8 nitrogen and oxygen atoms in total. The highest BCUT2D eigenvalue weighted by Gasteiger charge is 2.13. The van der Waals surface area contributed by atoms with Gasteiger partial charge in [-0.3, -0.25) is 14.8 Å². The number of carbonyl (C=O) groups is 1. The number of carbonyl (C=O) groups excluding carboxylic acids is 1. The summed E-state index contributed by atoms with van der Waals surface area (Å²) in [6.45, 7) is 6.16. The molecule has 0 saturated carbocycles. The summed E-state index contributed by atoms with van der Waals surface area (Å²) in [5.41, 5.74) is 1.57. The average molecular weight is 398 g/mol. The molecule has 1 aromatic carbocycles. The number of anilines is 3. The summed E-state index contributed by atoms with van der Waals surface area (Å²) in [5, 5.41) is 10.4. The summed E-state index contributed by atoms with van der Waals surface area (Å²) in [5.74, 6) is -0.324. The van der Waals surface area contributed by atoms with Crippen molar-refractivity contribution < 1.29 is 13.2 Å². The zero-order valence-corrected chi connectivity index (χ0v) is 16.7. The Labute approximate surface area is 157 Å². The van der Waals surface area contributed by atoms with Crippen LogP contribution >= 0.6 is 11.3 Å². The van der Waals surface area contributed by atoms with Gasteiger partial charge in [-0.2, -0.15) is 0 Å². The third-order valence-electron chi connectivity index (χ3n) is 3.58. The van der Waals surface area contributed by atoms with E-state index >= 15 is 0 Å². The van der Waals surface area contributed by atoms with Crippen LogP contribution in [0.1, 0.15) is 37.0 Å². The number of nitrogens with zero attached hydrogens (tertiary/aromatic N) is 3. The molecule has 0 spiro atoms. The fourth-order valence-corrected chi connectivity index (χ4v) is 3.75. The summed E-state index contributed by atoms with van der Waals surface area (Å²) in [6, 6.07) is 7.36. The Morgan fingerprint density at radius 1 is 1.15 bits per heavy atom. The van der Waals surface area contributed by atoms with Gasteiger partial charge in [0.05, 0.1) is 6.26 Å². The lowest BCUT2D eigenvalue weighted by atomic mass is 10.1. The van der Waals surface area contributed by atoms with E-state index in [4.69, 9.17) is 0 Å². The molecule has 1 amide bonds. The number of unbranched alkanes of at least 4 members (excludes halogenated alkanes) is 1. The van der Waals surface area contributed by atoms with Gasteiger partial charge in [-0.05, 0) is 37.6 Å². The average Bonchev–Trinajstić information content (AvgIpc) is 3.01. The molecule has 142 valence electrons. The number of rotatable bonds is 9. The van der Waals surface area contributed by atoms with Gasteiger partial charge in [0.2, 0.25) is 20.3 Å². The van der Waals surface area contributed by atoms with Gasteiger partial charge in [-0.1, -0.05) is 24.7 Å². The van der Waals surface area contributed by atoms with Crippen LogP contribution in [0.2, 0.25) is 0 Å². The summed E-state index contributed by atoms with van der Waals surface area (Å²) in [7, 11) is -3.43. The predicted octanol–water partition coefficient (Wildman–Crippen LogP) is 2.79. The van der Waals surface area contributed by atoms with Crippen molar-refractivity contribution in [3.8, 4) is 0 Å². The van der Waals surface area contributed by atoms with Crippen LogP contribution in [0.15, 0.2) is 24.3 Å². The third-order valence-corrected chi connectivity index (χ3v) is 5.02. The summed E-state index contributed by atoms with van der Waals surface area (Å²) < 4.78 is 24.6. The smallest absolute Gasteiger partial charge is 0.257 e. The molecule has 0 aliphatic carbocycles. The van der Waals surface area contributed by atoms with E-state index in [0.29, 0.717) is 5.56 Å². The molecule has 1 heterocycles. The van der Waals surface area contributed by atoms with E-state index in [0.717, 1.165) is 49.2 Å². The largest absolute Gasteiger partial charge is 0.372 e. The molecule has 0 aliphatic heterocycles. The molecular weight excluding hydrogens is 374 g/mol. The molecular formula is C16H23N5O3S2. The van der Waals surface area contributed by atoms with Gasteiger partial charge < -0.3 is 4.90 Å². The van der Waals surface area contributed by atoms with Crippen molar-refractivity contribution in [1.29, 1.82) is 0 Å². The molecule has 10 heteroatoms. The fraction of sp³-hybridized carbons (Fsp3) is 0.438. The van der Waals surface area contributed by atoms with Crippen LogP contribution in [0.25, 0.3) is 0 Å². The highest BCUT2D eigenvalue weighted by Crippen LogP contribution is 2.22. The van der Waals surface area contributed by atoms with Gasteiger partial charge in [0.25, 0.3) is 5.91 Å². The number of sulfonamides is 1. The van der Waals surface area contributed by atoms with E-state index in [2.05, 4.69) is 39.0 Å². The molecule has 2 N–H and O–H groups in total. The molecule has 0 aliphatic rings. The highest BCUT2D eigenvalue weighted by molar-refractivity contribution is 7.92. The van der Waals surface area contributed by atoms with Gasteiger partial charge in [0.1, 0.15) is 0 Å². The van der Waals surface area contributed by atoms with E-state index < -0.39 is 10.0 Å². The van der Waals surface area contributed by atoms with Crippen molar-refractivity contribution in [2.24, 2.45) is 0 Å². The summed E-state index contributed by atoms with van der Waals surface area (Å²) in [4.78, 5) is 14.6. The lowest BCUT2D eigenvalue weighted by Gasteiger charge is -2.23. The van der Waals surface area contributed by atoms with Gasteiger partial charge in [-0.25, -0.2) is 8.42 Å². The minimum atomic E-state index is -3.43. The summed E-state index contributed by atoms with van der Waals surface area (Å²) in [6.07, 6.45) is 3.28. The highest BCUT2D eigenvalue weighted by atomic mass is 32.2. The molecule has 0 unspecified atom stereocenters. The van der Waals surface area contributed by atoms with Crippen molar-refractivity contribution in [3.63, 3.8) is 0 Å². The van der Waals surface area contributed by atoms with Crippen LogP contribution in [0, 0.1) is 0 Å². The second kappa shape index (κ2) is 8.95. The first kappa shape index (κ1) is 20.1. The molecule has 1 aromatic heterocycles. The number of hydrogen-bond donors (Lipinski definition) is 2. The van der Waals surface area contributed by atoms with Crippen molar-refractivity contribution in [2.45, 2.75) is 26.7 Å². The zero-order chi connectivity index (χ0) is 19.2. The molecule has 0 saturated heterocycles. The lowest BCUT2D eigenvalue weighted by molar-refractivity contribution is 0.102. The first-order valence-corrected chi connectivity index (χ1v) is 11.0. The molecule has 0 bridgehead atoms. The van der Waals surface area contributed by atoms with Crippen LogP contribution < -0.4 is 14.9 Å². The number of nitrogens with one attached hydrogen (secondary N) is 2. The Hall–Kier alpha value is -2.20. The van der Waals surface area contributed by atoms with Gasteiger partial charge in [-0.15, -0.1) is 10.2 Å². The van der Waals surface area contributed by atoms with E-state index in [9.17, 15) is 13.2 Å². The van der Waals surface area contributed by atoms with Crippen LogP contribution in [-0.4, -0.2) is 43.9 Å². The van der Waals surface area contributed by atoms with Crippen LogP contribution in [-0.2, 0) is 10.0 Å². The standard InChI is InChI=1S/C16H23N5O3S2/c1-4-6-11-21(5-2)13-9-7-12(8-10-13)14(22)17-15-18-19-16(25-15)20-26(3,23)24/h7-10H,4-6,11H2,1-3H3,(H,19,20)(H,17,18,22). The second-order valence-electron chi connectivity index (χ2n) is 5.72. The van der Waals surface area contributed by atoms with Crippen LogP contribution in [0.5, 0.6) is 0 Å². The first-order chi connectivity index (χ1) is 12.3. The maximum Gasteiger partial charge on any atom is 0.257 e. The maximum atomic E-state index is 12.3. The molecule has 0 radical (unpaired) electrons. The monoisotopic (exact) mass is 397 g/mol. The number of aromatic nitrogens is 2. The Morgan fingerprint density at radius 3 is 2.38 bits per heavy atom. The normalized spacial score (nSPS) is 11.2. The van der Waals surface area contributed by atoms with Gasteiger partial charge in [0, 0.05) is 24.3 Å². The third kappa shape index (κ3) is 5.95. The molecule has 2 aromatic rings. The van der Waals surface area contributed by atoms with E-state index in [1.165, 1.54) is 0 Å². The second-order valence-corrected chi connectivity index (χ2v) is 8.45. The van der Waals surface area contributed by atoms with Crippen LogP contribution in [0.3, 0.4) is 0 Å².